The van der Waals surface area contributed by atoms with Crippen molar-refractivity contribution in [3.05, 3.63) is 24.7 Å². The Bertz CT molecular complexity index is 1200. The van der Waals surface area contributed by atoms with Crippen molar-refractivity contribution in [2.75, 3.05) is 12.4 Å². The molecule has 2 aromatic heterocycles. The zero-order chi connectivity index (χ0) is 25.4. The van der Waals surface area contributed by atoms with E-state index in [1.54, 1.807) is 6.07 Å². The topological polar surface area (TPSA) is 133 Å². The van der Waals surface area contributed by atoms with E-state index in [1.807, 2.05) is 18.7 Å². The summed E-state index contributed by atoms with van der Waals surface area (Å²) in [6, 6.07) is 3.28. The quantitative estimate of drug-likeness (QED) is 0.555. The first-order valence-electron chi connectivity index (χ1n) is 12.3. The van der Waals surface area contributed by atoms with Gasteiger partial charge in [-0.2, -0.15) is 4.98 Å². The Balaban J connectivity index is 1.27. The highest BCUT2D eigenvalue weighted by Crippen LogP contribution is 2.40. The number of amides is 1. The molecule has 2 aromatic rings. The molecule has 1 N–H and O–H groups in total. The smallest absolute Gasteiger partial charge is 0.410 e. The van der Waals surface area contributed by atoms with Crippen molar-refractivity contribution in [2.24, 2.45) is 0 Å². The predicted molar refractivity (Wildman–Crippen MR) is 130 cm³/mol. The van der Waals surface area contributed by atoms with Crippen LogP contribution in [0.15, 0.2) is 29.7 Å². The van der Waals surface area contributed by atoms with E-state index in [2.05, 4.69) is 20.3 Å². The summed E-state index contributed by atoms with van der Waals surface area (Å²) in [4.78, 5) is 27.1. The molecule has 2 aliphatic heterocycles. The van der Waals surface area contributed by atoms with Gasteiger partial charge in [0.15, 0.2) is 20.7 Å². The standard InChI is InChI=1S/C24H31N5O6S/c1-14(2)34-24(30)29-16-5-6-17(29)11-18(10-16)35-23-21(33-3)22(26-13-27-23)28-15-4-9-20(25-12-15)36(31,32)19-7-8-19/h4,9,12-14,16-19H,5-8,10-11H2,1-3H3,(H,26,27,28)/t16-,17?,18?/m0/s1. The molecule has 2 saturated heterocycles. The summed E-state index contributed by atoms with van der Waals surface area (Å²) < 4.78 is 42.0. The van der Waals surface area contributed by atoms with Gasteiger partial charge < -0.3 is 24.4 Å². The van der Waals surface area contributed by atoms with E-state index in [-0.39, 0.29) is 40.7 Å². The van der Waals surface area contributed by atoms with Gasteiger partial charge in [0.25, 0.3) is 5.88 Å². The molecule has 3 fully saturated rings. The fourth-order valence-electron chi connectivity index (χ4n) is 4.96. The van der Waals surface area contributed by atoms with Gasteiger partial charge in [-0.3, -0.25) is 0 Å². The average Bonchev–Trinajstić information content (AvgIpc) is 3.65. The van der Waals surface area contributed by atoms with Crippen molar-refractivity contribution in [1.29, 1.82) is 0 Å². The number of carbonyl (C=O) groups is 1. The molecule has 2 unspecified atom stereocenters. The highest BCUT2D eigenvalue weighted by molar-refractivity contribution is 7.92. The van der Waals surface area contributed by atoms with Crippen LogP contribution in [0.4, 0.5) is 16.3 Å². The third-order valence-electron chi connectivity index (χ3n) is 6.74. The van der Waals surface area contributed by atoms with Crippen molar-refractivity contribution in [3.63, 3.8) is 0 Å². The maximum absolute atomic E-state index is 12.5. The van der Waals surface area contributed by atoms with Crippen LogP contribution in [0.5, 0.6) is 11.6 Å². The molecule has 0 radical (unpaired) electrons. The Labute approximate surface area is 210 Å². The highest BCUT2D eigenvalue weighted by atomic mass is 32.2. The number of carbonyl (C=O) groups excluding carboxylic acids is 1. The number of pyridine rings is 1. The number of fused-ring (bicyclic) bond motifs is 2. The number of hydrogen-bond acceptors (Lipinski definition) is 10. The summed E-state index contributed by atoms with van der Waals surface area (Å²) in [6.07, 6.45) is 6.88. The van der Waals surface area contributed by atoms with Crippen LogP contribution in [0.2, 0.25) is 0 Å². The van der Waals surface area contributed by atoms with Crippen molar-refractivity contribution in [1.82, 2.24) is 19.9 Å². The Hall–Kier alpha value is -3.15. The second-order valence-corrected chi connectivity index (χ2v) is 11.9. The molecule has 3 atom stereocenters. The monoisotopic (exact) mass is 517 g/mol. The number of hydrogen-bond donors (Lipinski definition) is 1. The minimum absolute atomic E-state index is 0.0712. The van der Waals surface area contributed by atoms with E-state index < -0.39 is 9.84 Å². The summed E-state index contributed by atoms with van der Waals surface area (Å²) in [7, 11) is -1.84. The zero-order valence-corrected chi connectivity index (χ0v) is 21.4. The number of nitrogens with one attached hydrogen (secondary N) is 1. The molecule has 12 heteroatoms. The summed E-state index contributed by atoms with van der Waals surface area (Å²) in [5.41, 5.74) is 0.558. The number of ether oxygens (including phenoxy) is 3. The second-order valence-electron chi connectivity index (χ2n) is 9.75. The number of anilines is 2. The van der Waals surface area contributed by atoms with Gasteiger partial charge in [-0.05, 0) is 51.7 Å². The predicted octanol–water partition coefficient (Wildman–Crippen LogP) is 3.48. The Morgan fingerprint density at radius 3 is 2.39 bits per heavy atom. The lowest BCUT2D eigenvalue weighted by Gasteiger charge is -2.38. The minimum atomic E-state index is -3.35. The van der Waals surface area contributed by atoms with Gasteiger partial charge in [0.1, 0.15) is 12.4 Å². The highest BCUT2D eigenvalue weighted by Gasteiger charge is 2.45. The lowest BCUT2D eigenvalue weighted by Crippen LogP contribution is -2.49. The van der Waals surface area contributed by atoms with Gasteiger partial charge in [-0.1, -0.05) is 0 Å². The van der Waals surface area contributed by atoms with Crippen molar-refractivity contribution in [2.45, 2.75) is 86.9 Å². The summed E-state index contributed by atoms with van der Waals surface area (Å²) >= 11 is 0. The lowest BCUT2D eigenvalue weighted by molar-refractivity contribution is 0.0202. The van der Waals surface area contributed by atoms with Crippen LogP contribution in [-0.2, 0) is 14.6 Å². The van der Waals surface area contributed by atoms with E-state index in [0.29, 0.717) is 48.8 Å². The number of sulfone groups is 1. The first-order chi connectivity index (χ1) is 17.3. The molecule has 4 heterocycles. The van der Waals surface area contributed by atoms with E-state index >= 15 is 0 Å². The van der Waals surface area contributed by atoms with Gasteiger partial charge in [-0.15, -0.1) is 0 Å². The maximum Gasteiger partial charge on any atom is 0.410 e. The van der Waals surface area contributed by atoms with Gasteiger partial charge in [-0.25, -0.2) is 23.2 Å². The van der Waals surface area contributed by atoms with Gasteiger partial charge in [0.05, 0.1) is 30.3 Å². The molecule has 36 heavy (non-hydrogen) atoms. The van der Waals surface area contributed by atoms with Crippen LogP contribution >= 0.6 is 0 Å². The number of aromatic nitrogens is 3. The van der Waals surface area contributed by atoms with E-state index in [9.17, 15) is 13.2 Å². The molecule has 11 nitrogen and oxygen atoms in total. The molecule has 1 amide bonds. The SMILES string of the molecule is COc1c(Nc2ccc(S(=O)(=O)C3CC3)nc2)ncnc1OC1CC2CC[C@@H](C1)N2C(=O)OC(C)C. The molecule has 2 bridgehead atoms. The van der Waals surface area contributed by atoms with Crippen LogP contribution in [0.1, 0.15) is 52.4 Å². The average molecular weight is 518 g/mol. The molecule has 5 rings (SSSR count). The van der Waals surface area contributed by atoms with E-state index in [1.165, 1.54) is 25.7 Å². The Morgan fingerprint density at radius 1 is 1.08 bits per heavy atom. The largest absolute Gasteiger partial charge is 0.489 e. The molecule has 0 spiro atoms. The number of nitrogens with zero attached hydrogens (tertiary/aromatic N) is 4. The van der Waals surface area contributed by atoms with E-state index in [4.69, 9.17) is 14.2 Å². The van der Waals surface area contributed by atoms with Gasteiger partial charge in [0.2, 0.25) is 5.75 Å². The second kappa shape index (κ2) is 9.72. The summed E-state index contributed by atoms with van der Waals surface area (Å²) in [5, 5.41) is 2.88. The van der Waals surface area contributed by atoms with Gasteiger partial charge in [0, 0.05) is 24.9 Å². The maximum atomic E-state index is 12.5. The number of rotatable bonds is 8. The lowest BCUT2D eigenvalue weighted by atomic mass is 10.0. The zero-order valence-electron chi connectivity index (χ0n) is 20.6. The summed E-state index contributed by atoms with van der Waals surface area (Å²) in [6.45, 7) is 3.70. The van der Waals surface area contributed by atoms with Crippen LogP contribution in [-0.4, -0.2) is 71.0 Å². The first kappa shape index (κ1) is 24.5. The molecule has 0 aromatic carbocycles. The van der Waals surface area contributed by atoms with E-state index in [0.717, 1.165) is 12.8 Å². The van der Waals surface area contributed by atoms with Crippen LogP contribution in [0, 0.1) is 0 Å². The number of piperidine rings is 1. The molecule has 1 aliphatic carbocycles. The number of methoxy groups -OCH3 is 1. The summed E-state index contributed by atoms with van der Waals surface area (Å²) in [5.74, 6) is 1.02. The molecule has 194 valence electrons. The molecular formula is C24H31N5O6S. The molecule has 1 saturated carbocycles. The third kappa shape index (κ3) is 4.91. The van der Waals surface area contributed by atoms with Gasteiger partial charge >= 0.3 is 6.09 Å². The Kier molecular flexibility index (Phi) is 6.62. The van der Waals surface area contributed by atoms with Crippen molar-refractivity contribution in [3.8, 4) is 11.6 Å². The fourth-order valence-corrected chi connectivity index (χ4v) is 6.52. The van der Waals surface area contributed by atoms with Crippen molar-refractivity contribution >= 4 is 27.4 Å². The van der Waals surface area contributed by atoms with Crippen LogP contribution in [0.25, 0.3) is 0 Å². The fraction of sp³-hybridized carbons (Fsp3) is 0.583. The third-order valence-corrected chi connectivity index (χ3v) is 8.92. The van der Waals surface area contributed by atoms with Crippen molar-refractivity contribution < 1.29 is 27.4 Å². The normalized spacial score (nSPS) is 23.4. The molecular weight excluding hydrogens is 486 g/mol. The van der Waals surface area contributed by atoms with Crippen LogP contribution < -0.4 is 14.8 Å². The molecule has 3 aliphatic rings. The minimum Gasteiger partial charge on any atom is -0.489 e. The van der Waals surface area contributed by atoms with Crippen LogP contribution in [0.3, 0.4) is 0 Å². The Morgan fingerprint density at radius 2 is 1.81 bits per heavy atom. The first-order valence-corrected chi connectivity index (χ1v) is 13.8.